The molecule has 7 heteroatoms. The normalized spacial score (nSPS) is 17.0. The van der Waals surface area contributed by atoms with Gasteiger partial charge in [0, 0.05) is 18.8 Å². The molecule has 1 saturated heterocycles. The molecule has 1 fully saturated rings. The van der Waals surface area contributed by atoms with Crippen molar-refractivity contribution in [3.05, 3.63) is 29.3 Å². The van der Waals surface area contributed by atoms with Crippen LogP contribution in [-0.2, 0) is 6.18 Å². The zero-order valence-electron chi connectivity index (χ0n) is 12.7. The number of likely N-dealkylation sites (tertiary alicyclic amines) is 1. The van der Waals surface area contributed by atoms with Crippen molar-refractivity contribution in [1.82, 2.24) is 4.90 Å². The third-order valence-electron chi connectivity index (χ3n) is 4.16. The van der Waals surface area contributed by atoms with E-state index in [1.54, 1.807) is 6.07 Å². The minimum absolute atomic E-state index is 0.158. The van der Waals surface area contributed by atoms with Crippen LogP contribution in [0.2, 0.25) is 0 Å². The fourth-order valence-electron chi connectivity index (χ4n) is 2.81. The first-order chi connectivity index (χ1) is 10.9. The number of nitrogens with one attached hydrogen (secondary N) is 1. The van der Waals surface area contributed by atoms with Crippen LogP contribution >= 0.6 is 0 Å². The lowest BCUT2D eigenvalue weighted by atomic mass is 9.96. The summed E-state index contributed by atoms with van der Waals surface area (Å²) in [7, 11) is 0. The summed E-state index contributed by atoms with van der Waals surface area (Å²) in [5, 5.41) is 20.9. The molecule has 0 atom stereocenters. The molecule has 23 heavy (non-hydrogen) atoms. The first kappa shape index (κ1) is 17.6. The summed E-state index contributed by atoms with van der Waals surface area (Å²) >= 11 is 0. The lowest BCUT2D eigenvalue weighted by molar-refractivity contribution is -0.137. The number of aliphatic hydroxyl groups excluding tert-OH is 1. The fraction of sp³-hybridized carbons (Fsp3) is 0.562. The van der Waals surface area contributed by atoms with Crippen LogP contribution in [0.15, 0.2) is 18.2 Å². The highest BCUT2D eigenvalue weighted by Gasteiger charge is 2.33. The van der Waals surface area contributed by atoms with Crippen molar-refractivity contribution in [2.75, 3.05) is 38.1 Å². The fourth-order valence-corrected chi connectivity index (χ4v) is 2.81. The molecule has 1 aromatic carbocycles. The molecule has 0 unspecified atom stereocenters. The Kier molecular flexibility index (Phi) is 5.85. The standard InChI is InChI=1S/C16H20F3N3O/c17-16(18,19)15-2-1-14(9-13(15)10-20)21-11-12-3-5-22(6-4-12)7-8-23/h1-2,9,12,21,23H,3-8,11H2. The smallest absolute Gasteiger partial charge is 0.395 e. The van der Waals surface area contributed by atoms with Gasteiger partial charge in [0.05, 0.1) is 23.8 Å². The number of piperidine rings is 1. The van der Waals surface area contributed by atoms with Gasteiger partial charge in [-0.05, 0) is 50.0 Å². The van der Waals surface area contributed by atoms with E-state index in [2.05, 4.69) is 10.2 Å². The van der Waals surface area contributed by atoms with Crippen molar-refractivity contribution in [2.24, 2.45) is 5.92 Å². The molecule has 0 spiro atoms. The van der Waals surface area contributed by atoms with Crippen molar-refractivity contribution >= 4 is 5.69 Å². The van der Waals surface area contributed by atoms with Crippen LogP contribution in [-0.4, -0.2) is 42.8 Å². The molecule has 0 bridgehead atoms. The molecule has 0 radical (unpaired) electrons. The van der Waals surface area contributed by atoms with E-state index in [1.807, 2.05) is 0 Å². The van der Waals surface area contributed by atoms with E-state index in [-0.39, 0.29) is 12.2 Å². The lowest BCUT2D eigenvalue weighted by Crippen LogP contribution is -2.37. The third kappa shape index (κ3) is 4.85. The minimum Gasteiger partial charge on any atom is -0.395 e. The number of rotatable bonds is 5. The molecule has 1 aliphatic heterocycles. The molecule has 1 aromatic rings. The van der Waals surface area contributed by atoms with Gasteiger partial charge in [-0.3, -0.25) is 0 Å². The highest BCUT2D eigenvalue weighted by atomic mass is 19.4. The molecular formula is C16H20F3N3O. The number of aliphatic hydroxyl groups is 1. The Labute approximate surface area is 133 Å². The molecule has 0 amide bonds. The van der Waals surface area contributed by atoms with Gasteiger partial charge in [0.1, 0.15) is 0 Å². The van der Waals surface area contributed by atoms with Gasteiger partial charge in [0.2, 0.25) is 0 Å². The molecule has 2 rings (SSSR count). The third-order valence-corrected chi connectivity index (χ3v) is 4.16. The van der Waals surface area contributed by atoms with Gasteiger partial charge in [0.25, 0.3) is 0 Å². The highest BCUT2D eigenvalue weighted by Crippen LogP contribution is 2.33. The van der Waals surface area contributed by atoms with Gasteiger partial charge < -0.3 is 15.3 Å². The molecule has 0 aliphatic carbocycles. The van der Waals surface area contributed by atoms with E-state index in [0.29, 0.717) is 24.7 Å². The maximum Gasteiger partial charge on any atom is 0.417 e. The summed E-state index contributed by atoms with van der Waals surface area (Å²) in [5.41, 5.74) is -0.726. The number of hydrogen-bond acceptors (Lipinski definition) is 4. The second-order valence-electron chi connectivity index (χ2n) is 5.76. The van der Waals surface area contributed by atoms with E-state index in [9.17, 15) is 13.2 Å². The maximum absolute atomic E-state index is 12.7. The van der Waals surface area contributed by atoms with Gasteiger partial charge >= 0.3 is 6.18 Å². The van der Waals surface area contributed by atoms with Gasteiger partial charge in [-0.2, -0.15) is 18.4 Å². The minimum atomic E-state index is -4.51. The summed E-state index contributed by atoms with van der Waals surface area (Å²) in [4.78, 5) is 2.20. The van der Waals surface area contributed by atoms with Gasteiger partial charge in [-0.1, -0.05) is 0 Å². The first-order valence-electron chi connectivity index (χ1n) is 7.62. The highest BCUT2D eigenvalue weighted by molar-refractivity contribution is 5.53. The van der Waals surface area contributed by atoms with Crippen molar-refractivity contribution in [2.45, 2.75) is 19.0 Å². The topological polar surface area (TPSA) is 59.3 Å². The van der Waals surface area contributed by atoms with Crippen LogP contribution in [0.1, 0.15) is 24.0 Å². The molecule has 1 heterocycles. The zero-order valence-corrected chi connectivity index (χ0v) is 12.7. The van der Waals surface area contributed by atoms with E-state index < -0.39 is 11.7 Å². The number of hydrogen-bond donors (Lipinski definition) is 2. The Balaban J connectivity index is 1.91. The summed E-state index contributed by atoms with van der Waals surface area (Å²) in [6.45, 7) is 3.35. The molecular weight excluding hydrogens is 307 g/mol. The van der Waals surface area contributed by atoms with Crippen molar-refractivity contribution in [3.8, 4) is 6.07 Å². The van der Waals surface area contributed by atoms with Crippen LogP contribution in [0.4, 0.5) is 18.9 Å². The maximum atomic E-state index is 12.7. The monoisotopic (exact) mass is 327 g/mol. The number of β-amino-alcohol motifs (C(OH)–C–C–N with tert-alkyl or cyclic N) is 1. The summed E-state index contributed by atoms with van der Waals surface area (Å²) in [5.74, 6) is 0.442. The summed E-state index contributed by atoms with van der Waals surface area (Å²) in [6.07, 6.45) is -2.54. The predicted octanol–water partition coefficient (Wildman–Crippen LogP) is 2.69. The van der Waals surface area contributed by atoms with Crippen LogP contribution in [0.25, 0.3) is 0 Å². The van der Waals surface area contributed by atoms with E-state index in [1.165, 1.54) is 12.1 Å². The van der Waals surface area contributed by atoms with Crippen LogP contribution in [0.3, 0.4) is 0 Å². The number of alkyl halides is 3. The van der Waals surface area contributed by atoms with Crippen molar-refractivity contribution < 1.29 is 18.3 Å². The van der Waals surface area contributed by atoms with E-state index >= 15 is 0 Å². The quantitative estimate of drug-likeness (QED) is 0.873. The van der Waals surface area contributed by atoms with Gasteiger partial charge in [-0.15, -0.1) is 0 Å². The number of anilines is 1. The largest absolute Gasteiger partial charge is 0.417 e. The summed E-state index contributed by atoms with van der Waals surface area (Å²) < 4.78 is 38.2. The Morgan fingerprint density at radius 3 is 2.57 bits per heavy atom. The number of nitriles is 1. The van der Waals surface area contributed by atoms with E-state index in [0.717, 1.165) is 32.0 Å². The van der Waals surface area contributed by atoms with Gasteiger partial charge in [-0.25, -0.2) is 0 Å². The average Bonchev–Trinajstić information content (AvgIpc) is 2.53. The second-order valence-corrected chi connectivity index (χ2v) is 5.76. The molecule has 0 aromatic heterocycles. The van der Waals surface area contributed by atoms with E-state index in [4.69, 9.17) is 10.4 Å². The Hall–Kier alpha value is -1.78. The molecule has 2 N–H and O–H groups in total. The summed E-state index contributed by atoms with van der Waals surface area (Å²) in [6, 6.07) is 5.18. The second kappa shape index (κ2) is 7.66. The number of benzene rings is 1. The molecule has 4 nitrogen and oxygen atoms in total. The molecule has 0 saturated carbocycles. The number of halogens is 3. The Bertz CT molecular complexity index is 561. The Morgan fingerprint density at radius 1 is 1.30 bits per heavy atom. The predicted molar refractivity (Wildman–Crippen MR) is 80.9 cm³/mol. The van der Waals surface area contributed by atoms with Crippen molar-refractivity contribution in [3.63, 3.8) is 0 Å². The van der Waals surface area contributed by atoms with Crippen LogP contribution < -0.4 is 5.32 Å². The zero-order chi connectivity index (χ0) is 16.9. The number of nitrogens with zero attached hydrogens (tertiary/aromatic N) is 2. The van der Waals surface area contributed by atoms with Crippen LogP contribution in [0, 0.1) is 17.2 Å². The molecule has 126 valence electrons. The Morgan fingerprint density at radius 2 is 2.00 bits per heavy atom. The lowest BCUT2D eigenvalue weighted by Gasteiger charge is -2.31. The van der Waals surface area contributed by atoms with Crippen molar-refractivity contribution in [1.29, 1.82) is 5.26 Å². The first-order valence-corrected chi connectivity index (χ1v) is 7.62. The van der Waals surface area contributed by atoms with Crippen LogP contribution in [0.5, 0.6) is 0 Å². The SMILES string of the molecule is N#Cc1cc(NCC2CCN(CCO)CC2)ccc1C(F)(F)F. The van der Waals surface area contributed by atoms with Gasteiger partial charge in [0.15, 0.2) is 0 Å². The average molecular weight is 327 g/mol. The molecule has 1 aliphatic rings.